The Morgan fingerprint density at radius 3 is 3.00 bits per heavy atom. The molecule has 4 heteroatoms. The first-order chi connectivity index (χ1) is 10.2. The van der Waals surface area contributed by atoms with E-state index in [1.807, 2.05) is 6.07 Å². The van der Waals surface area contributed by atoms with Crippen molar-refractivity contribution in [1.29, 1.82) is 0 Å². The number of aromatic nitrogens is 1. The van der Waals surface area contributed by atoms with Crippen molar-refractivity contribution in [2.75, 3.05) is 7.11 Å². The van der Waals surface area contributed by atoms with Gasteiger partial charge in [0.2, 0.25) is 5.91 Å². The number of benzene rings is 1. The van der Waals surface area contributed by atoms with Crippen LogP contribution in [0.4, 0.5) is 0 Å². The molecule has 112 valence electrons. The Balaban J connectivity index is 1.87. The van der Waals surface area contributed by atoms with Crippen LogP contribution in [0.1, 0.15) is 44.1 Å². The Morgan fingerprint density at radius 1 is 1.38 bits per heavy atom. The van der Waals surface area contributed by atoms with Gasteiger partial charge in [0.25, 0.3) is 0 Å². The average Bonchev–Trinajstić information content (AvgIpc) is 2.89. The summed E-state index contributed by atoms with van der Waals surface area (Å²) in [5, 5.41) is 4.31. The van der Waals surface area contributed by atoms with E-state index in [1.54, 1.807) is 14.0 Å². The first-order valence-electron chi connectivity index (χ1n) is 7.59. The van der Waals surface area contributed by atoms with E-state index in [4.69, 9.17) is 4.74 Å². The maximum atomic E-state index is 11.3. The lowest BCUT2D eigenvalue weighted by Crippen LogP contribution is -2.36. The highest BCUT2D eigenvalue weighted by Gasteiger charge is 2.25. The molecule has 1 aliphatic rings. The van der Waals surface area contributed by atoms with Crippen LogP contribution in [0.5, 0.6) is 5.75 Å². The molecule has 0 bridgehead atoms. The van der Waals surface area contributed by atoms with Crippen molar-refractivity contribution < 1.29 is 9.53 Å². The molecule has 4 nitrogen and oxygen atoms in total. The molecule has 1 aromatic heterocycles. The summed E-state index contributed by atoms with van der Waals surface area (Å²) < 4.78 is 5.34. The van der Waals surface area contributed by atoms with Crippen LogP contribution in [0.2, 0.25) is 0 Å². The van der Waals surface area contributed by atoms with Gasteiger partial charge in [-0.05, 0) is 48.9 Å². The summed E-state index contributed by atoms with van der Waals surface area (Å²) in [6.07, 6.45) is 6.56. The normalized spacial score (nSPS) is 22.2. The predicted octanol–water partition coefficient (Wildman–Crippen LogP) is 3.34. The Hall–Kier alpha value is -1.97. The number of H-pyrrole nitrogens is 1. The minimum absolute atomic E-state index is 0.0706. The van der Waals surface area contributed by atoms with E-state index in [-0.39, 0.29) is 5.91 Å². The van der Waals surface area contributed by atoms with Crippen LogP contribution in [0.3, 0.4) is 0 Å². The lowest BCUT2D eigenvalue weighted by molar-refractivity contribution is -0.119. The van der Waals surface area contributed by atoms with E-state index in [1.165, 1.54) is 17.4 Å². The number of aromatic amines is 1. The fraction of sp³-hybridized carbons (Fsp3) is 0.471. The average molecular weight is 286 g/mol. The van der Waals surface area contributed by atoms with Gasteiger partial charge in [0, 0.05) is 30.1 Å². The van der Waals surface area contributed by atoms with Gasteiger partial charge >= 0.3 is 0 Å². The molecule has 0 unspecified atom stereocenters. The second-order valence-electron chi connectivity index (χ2n) is 5.92. The van der Waals surface area contributed by atoms with Gasteiger partial charge in [-0.1, -0.05) is 6.42 Å². The number of nitrogens with one attached hydrogen (secondary N) is 2. The maximum absolute atomic E-state index is 11.3. The summed E-state index contributed by atoms with van der Waals surface area (Å²) in [5.41, 5.74) is 2.49. The third kappa shape index (κ3) is 2.89. The molecule has 1 heterocycles. The molecular formula is C17H22N2O2. The fourth-order valence-corrected chi connectivity index (χ4v) is 3.48. The lowest BCUT2D eigenvalue weighted by atomic mass is 9.81. The quantitative estimate of drug-likeness (QED) is 0.909. The van der Waals surface area contributed by atoms with Crippen LogP contribution < -0.4 is 10.1 Å². The molecule has 2 N–H and O–H groups in total. The summed E-state index contributed by atoms with van der Waals surface area (Å²) in [6, 6.07) is 6.44. The van der Waals surface area contributed by atoms with Crippen molar-refractivity contribution in [3.8, 4) is 5.75 Å². The zero-order valence-electron chi connectivity index (χ0n) is 12.6. The zero-order valence-corrected chi connectivity index (χ0v) is 12.6. The summed E-state index contributed by atoms with van der Waals surface area (Å²) in [6.45, 7) is 1.60. The predicted molar refractivity (Wildman–Crippen MR) is 83.7 cm³/mol. The van der Waals surface area contributed by atoms with Crippen LogP contribution in [0.25, 0.3) is 10.9 Å². The number of ether oxygens (including phenoxy) is 1. The Bertz CT molecular complexity index is 647. The van der Waals surface area contributed by atoms with E-state index in [2.05, 4.69) is 28.6 Å². The second-order valence-corrected chi connectivity index (χ2v) is 5.92. The van der Waals surface area contributed by atoms with Gasteiger partial charge in [0.05, 0.1) is 7.11 Å². The number of rotatable bonds is 3. The molecule has 3 rings (SSSR count). The molecule has 1 aromatic carbocycles. The van der Waals surface area contributed by atoms with Crippen LogP contribution in [-0.2, 0) is 4.79 Å². The Labute approximate surface area is 124 Å². The van der Waals surface area contributed by atoms with E-state index in [0.29, 0.717) is 12.0 Å². The van der Waals surface area contributed by atoms with Crippen molar-refractivity contribution in [3.05, 3.63) is 30.0 Å². The van der Waals surface area contributed by atoms with E-state index in [0.717, 1.165) is 30.5 Å². The number of carbonyl (C=O) groups excluding carboxylic acids is 1. The van der Waals surface area contributed by atoms with Crippen molar-refractivity contribution in [3.63, 3.8) is 0 Å². The summed E-state index contributed by atoms with van der Waals surface area (Å²) >= 11 is 0. The molecule has 0 spiro atoms. The number of amides is 1. The number of methoxy groups -OCH3 is 1. The fourth-order valence-electron chi connectivity index (χ4n) is 3.48. The summed E-state index contributed by atoms with van der Waals surface area (Å²) in [5.74, 6) is 1.45. The van der Waals surface area contributed by atoms with Crippen LogP contribution >= 0.6 is 0 Å². The molecule has 0 radical (unpaired) electrons. The van der Waals surface area contributed by atoms with Gasteiger partial charge in [0.15, 0.2) is 0 Å². The van der Waals surface area contributed by atoms with Gasteiger partial charge in [-0.2, -0.15) is 0 Å². The molecule has 1 saturated carbocycles. The Kier molecular flexibility index (Phi) is 3.86. The first kappa shape index (κ1) is 14.0. The van der Waals surface area contributed by atoms with Crippen LogP contribution in [0, 0.1) is 0 Å². The highest BCUT2D eigenvalue weighted by Crippen LogP contribution is 2.37. The Morgan fingerprint density at radius 2 is 2.24 bits per heavy atom. The van der Waals surface area contributed by atoms with Crippen molar-refractivity contribution in [2.24, 2.45) is 0 Å². The van der Waals surface area contributed by atoms with E-state index < -0.39 is 0 Å². The third-order valence-corrected chi connectivity index (χ3v) is 4.44. The largest absolute Gasteiger partial charge is 0.497 e. The zero-order chi connectivity index (χ0) is 14.8. The molecule has 2 aromatic rings. The molecule has 1 fully saturated rings. The molecule has 2 atom stereocenters. The van der Waals surface area contributed by atoms with Crippen LogP contribution in [0.15, 0.2) is 24.4 Å². The summed E-state index contributed by atoms with van der Waals surface area (Å²) in [7, 11) is 1.70. The van der Waals surface area contributed by atoms with E-state index in [9.17, 15) is 4.79 Å². The van der Waals surface area contributed by atoms with Gasteiger partial charge in [-0.3, -0.25) is 4.79 Å². The minimum atomic E-state index is 0.0706. The topological polar surface area (TPSA) is 54.1 Å². The lowest BCUT2D eigenvalue weighted by Gasteiger charge is -2.29. The SMILES string of the molecule is COc1ccc2[nH]cc([C@H]3CCC[C@H](NC(C)=O)C3)c2c1. The first-order valence-corrected chi connectivity index (χ1v) is 7.59. The minimum Gasteiger partial charge on any atom is -0.497 e. The van der Waals surface area contributed by atoms with Crippen molar-refractivity contribution >= 4 is 16.8 Å². The number of fused-ring (bicyclic) bond motifs is 1. The molecule has 21 heavy (non-hydrogen) atoms. The maximum Gasteiger partial charge on any atom is 0.217 e. The summed E-state index contributed by atoms with van der Waals surface area (Å²) in [4.78, 5) is 14.6. The molecular weight excluding hydrogens is 264 g/mol. The van der Waals surface area contributed by atoms with Crippen molar-refractivity contribution in [1.82, 2.24) is 10.3 Å². The second kappa shape index (κ2) is 5.80. The molecule has 0 aliphatic heterocycles. The third-order valence-electron chi connectivity index (χ3n) is 4.44. The monoisotopic (exact) mass is 286 g/mol. The standard InChI is InChI=1S/C17H22N2O2/c1-11(20)19-13-5-3-4-12(8-13)16-10-18-17-7-6-14(21-2)9-15(16)17/h6-7,9-10,12-13,18H,3-5,8H2,1-2H3,(H,19,20)/t12-,13-/m0/s1. The van der Waals surface area contributed by atoms with Gasteiger partial charge in [0.1, 0.15) is 5.75 Å². The molecule has 0 saturated heterocycles. The molecule has 1 aliphatic carbocycles. The van der Waals surface area contributed by atoms with Crippen molar-refractivity contribution in [2.45, 2.75) is 44.6 Å². The van der Waals surface area contributed by atoms with Crippen LogP contribution in [-0.4, -0.2) is 24.0 Å². The van der Waals surface area contributed by atoms with Gasteiger partial charge in [-0.15, -0.1) is 0 Å². The number of carbonyl (C=O) groups is 1. The number of hydrogen-bond donors (Lipinski definition) is 2. The van der Waals surface area contributed by atoms with Gasteiger partial charge in [-0.25, -0.2) is 0 Å². The van der Waals surface area contributed by atoms with E-state index >= 15 is 0 Å². The highest BCUT2D eigenvalue weighted by molar-refractivity contribution is 5.85. The molecule has 1 amide bonds. The number of hydrogen-bond acceptors (Lipinski definition) is 2. The highest BCUT2D eigenvalue weighted by atomic mass is 16.5. The van der Waals surface area contributed by atoms with Gasteiger partial charge < -0.3 is 15.0 Å². The smallest absolute Gasteiger partial charge is 0.217 e.